The van der Waals surface area contributed by atoms with Gasteiger partial charge in [0, 0.05) is 14.1 Å². The summed E-state index contributed by atoms with van der Waals surface area (Å²) in [6, 6.07) is 3.57. The average molecular weight is 345 g/mol. The number of aryl methyl sites for hydroxylation is 1. The molecule has 0 aliphatic carbocycles. The van der Waals surface area contributed by atoms with Crippen molar-refractivity contribution >= 4 is 28.5 Å². The van der Waals surface area contributed by atoms with Crippen LogP contribution in [-0.2, 0) is 14.1 Å². The van der Waals surface area contributed by atoms with Crippen molar-refractivity contribution in [2.24, 2.45) is 14.1 Å². The fourth-order valence-electron chi connectivity index (χ4n) is 2.27. The van der Waals surface area contributed by atoms with Crippen molar-refractivity contribution in [1.82, 2.24) is 14.1 Å². The molecule has 1 amide bonds. The van der Waals surface area contributed by atoms with Crippen LogP contribution in [0.1, 0.15) is 10.6 Å². The van der Waals surface area contributed by atoms with Gasteiger partial charge in [-0.1, -0.05) is 0 Å². The molecule has 0 radical (unpaired) electrons. The maximum Gasteiger partial charge on any atom is 0.433 e. The third-order valence-electron chi connectivity index (χ3n) is 3.55. The molecule has 11 nitrogen and oxygen atoms in total. The number of nitrogens with zero attached hydrogens (tertiary/aromatic N) is 4. The Kier molecular flexibility index (Phi) is 3.68. The summed E-state index contributed by atoms with van der Waals surface area (Å²) in [7, 11) is 2.80. The van der Waals surface area contributed by atoms with Crippen LogP contribution in [0.5, 0.6) is 0 Å². The number of pyridine rings is 1. The van der Waals surface area contributed by atoms with Crippen LogP contribution in [0.3, 0.4) is 0 Å². The minimum atomic E-state index is -0.765. The van der Waals surface area contributed by atoms with Crippen molar-refractivity contribution in [3.05, 3.63) is 61.1 Å². The highest BCUT2D eigenvalue weighted by molar-refractivity contribution is 6.03. The number of furan rings is 1. The fraction of sp³-hybridized carbons (Fsp3) is 0.143. The second-order valence-electron chi connectivity index (χ2n) is 5.15. The molecule has 0 aromatic carbocycles. The first kappa shape index (κ1) is 16.1. The van der Waals surface area contributed by atoms with E-state index in [-0.39, 0.29) is 22.5 Å². The number of nitro groups is 1. The monoisotopic (exact) mass is 345 g/mol. The van der Waals surface area contributed by atoms with Gasteiger partial charge in [-0.25, -0.2) is 9.78 Å². The molecular weight excluding hydrogens is 334 g/mol. The highest BCUT2D eigenvalue weighted by Gasteiger charge is 2.18. The molecule has 11 heteroatoms. The highest BCUT2D eigenvalue weighted by atomic mass is 16.6. The molecule has 25 heavy (non-hydrogen) atoms. The first-order valence-corrected chi connectivity index (χ1v) is 6.91. The van der Waals surface area contributed by atoms with Crippen molar-refractivity contribution in [3.8, 4) is 0 Å². The summed E-state index contributed by atoms with van der Waals surface area (Å²) in [5.41, 5.74) is -0.743. The third kappa shape index (κ3) is 2.67. The van der Waals surface area contributed by atoms with E-state index in [0.717, 1.165) is 16.7 Å². The number of rotatable bonds is 3. The lowest BCUT2D eigenvalue weighted by Crippen LogP contribution is -2.37. The predicted octanol–water partition coefficient (Wildman–Crippen LogP) is 0.386. The van der Waals surface area contributed by atoms with Crippen molar-refractivity contribution in [3.63, 3.8) is 0 Å². The second-order valence-corrected chi connectivity index (χ2v) is 5.15. The van der Waals surface area contributed by atoms with Gasteiger partial charge in [-0.15, -0.1) is 0 Å². The minimum absolute atomic E-state index is 0.132. The standard InChI is InChI=1S/C14H11N5O6/c1-17-11-8(13(21)18(2)14(17)22)5-7(6-15-11)16-12(20)9-3-4-10(25-9)19(23)24/h3-6H,1-2H3,(H,16,20). The van der Waals surface area contributed by atoms with Crippen molar-refractivity contribution in [2.75, 3.05) is 5.32 Å². The fourth-order valence-corrected chi connectivity index (χ4v) is 2.27. The van der Waals surface area contributed by atoms with Crippen LogP contribution < -0.4 is 16.6 Å². The molecule has 3 rings (SSSR count). The second kappa shape index (κ2) is 5.70. The molecule has 3 heterocycles. The van der Waals surface area contributed by atoms with Gasteiger partial charge in [-0.3, -0.25) is 28.8 Å². The zero-order valence-electron chi connectivity index (χ0n) is 13.0. The summed E-state index contributed by atoms with van der Waals surface area (Å²) >= 11 is 0. The molecule has 3 aromatic rings. The maximum atomic E-state index is 12.2. The Morgan fingerprint density at radius 2 is 2.00 bits per heavy atom. The lowest BCUT2D eigenvalue weighted by Gasteiger charge is -2.08. The Bertz CT molecular complexity index is 1140. The van der Waals surface area contributed by atoms with Gasteiger partial charge in [0.2, 0.25) is 0 Å². The van der Waals surface area contributed by atoms with Gasteiger partial charge in [0.1, 0.15) is 10.6 Å². The third-order valence-corrected chi connectivity index (χ3v) is 3.55. The molecule has 0 saturated heterocycles. The van der Waals surface area contributed by atoms with Gasteiger partial charge in [0.05, 0.1) is 23.3 Å². The van der Waals surface area contributed by atoms with Crippen LogP contribution in [0.15, 0.2) is 38.4 Å². The van der Waals surface area contributed by atoms with E-state index in [2.05, 4.69) is 10.3 Å². The van der Waals surface area contributed by atoms with E-state index in [1.54, 1.807) is 0 Å². The van der Waals surface area contributed by atoms with Crippen LogP contribution >= 0.6 is 0 Å². The Morgan fingerprint density at radius 3 is 2.64 bits per heavy atom. The van der Waals surface area contributed by atoms with E-state index >= 15 is 0 Å². The molecule has 0 spiro atoms. The highest BCUT2D eigenvalue weighted by Crippen LogP contribution is 2.18. The molecule has 0 atom stereocenters. The van der Waals surface area contributed by atoms with E-state index in [4.69, 9.17) is 4.42 Å². The average Bonchev–Trinajstić information content (AvgIpc) is 3.08. The van der Waals surface area contributed by atoms with E-state index in [0.29, 0.717) is 0 Å². The number of amides is 1. The zero-order valence-corrected chi connectivity index (χ0v) is 13.0. The molecule has 0 bridgehead atoms. The first-order chi connectivity index (χ1) is 11.8. The molecule has 3 aromatic heterocycles. The minimum Gasteiger partial charge on any atom is -0.395 e. The van der Waals surface area contributed by atoms with Gasteiger partial charge >= 0.3 is 11.6 Å². The summed E-state index contributed by atoms with van der Waals surface area (Å²) in [4.78, 5) is 49.9. The summed E-state index contributed by atoms with van der Waals surface area (Å²) in [6.45, 7) is 0. The number of nitrogens with one attached hydrogen (secondary N) is 1. The maximum absolute atomic E-state index is 12.2. The van der Waals surface area contributed by atoms with Crippen LogP contribution in [0, 0.1) is 10.1 Å². The smallest absolute Gasteiger partial charge is 0.395 e. The molecule has 128 valence electrons. The number of hydrogen-bond donors (Lipinski definition) is 1. The lowest BCUT2D eigenvalue weighted by molar-refractivity contribution is -0.402. The van der Waals surface area contributed by atoms with Crippen LogP contribution in [0.2, 0.25) is 0 Å². The van der Waals surface area contributed by atoms with Crippen molar-refractivity contribution in [1.29, 1.82) is 0 Å². The largest absolute Gasteiger partial charge is 0.433 e. The van der Waals surface area contributed by atoms with Gasteiger partial charge in [0.15, 0.2) is 5.76 Å². The number of carbonyl (C=O) groups is 1. The van der Waals surface area contributed by atoms with Crippen molar-refractivity contribution in [2.45, 2.75) is 0 Å². The van der Waals surface area contributed by atoms with Gasteiger partial charge in [-0.05, 0) is 12.1 Å². The van der Waals surface area contributed by atoms with E-state index in [9.17, 15) is 24.5 Å². The van der Waals surface area contributed by atoms with Gasteiger partial charge < -0.3 is 9.73 Å². The molecule has 0 saturated carbocycles. The number of aromatic nitrogens is 3. The summed E-state index contributed by atoms with van der Waals surface area (Å²) in [5.74, 6) is -1.57. The topological polar surface area (TPSA) is 142 Å². The quantitative estimate of drug-likeness (QED) is 0.534. The number of anilines is 1. The van der Waals surface area contributed by atoms with Gasteiger partial charge in [-0.2, -0.15) is 0 Å². The lowest BCUT2D eigenvalue weighted by atomic mass is 10.3. The summed E-state index contributed by atoms with van der Waals surface area (Å²) < 4.78 is 6.93. The number of hydrogen-bond acceptors (Lipinski definition) is 7. The SMILES string of the molecule is Cn1c(=O)c2cc(NC(=O)c3ccc([N+](=O)[O-])o3)cnc2n(C)c1=O. The Hall–Kier alpha value is -3.76. The molecule has 0 aliphatic rings. The normalized spacial score (nSPS) is 10.8. The Morgan fingerprint density at radius 1 is 1.28 bits per heavy atom. The van der Waals surface area contributed by atoms with Crippen LogP contribution in [-0.4, -0.2) is 24.9 Å². The predicted molar refractivity (Wildman–Crippen MR) is 85.5 cm³/mol. The number of fused-ring (bicyclic) bond motifs is 1. The molecule has 0 unspecified atom stereocenters. The van der Waals surface area contributed by atoms with E-state index in [1.165, 1.54) is 30.9 Å². The van der Waals surface area contributed by atoms with E-state index in [1.807, 2.05) is 0 Å². The molecule has 0 aliphatic heterocycles. The van der Waals surface area contributed by atoms with Crippen LogP contribution in [0.25, 0.3) is 11.0 Å². The zero-order chi connectivity index (χ0) is 18.3. The first-order valence-electron chi connectivity index (χ1n) is 6.91. The number of carbonyl (C=O) groups excluding carboxylic acids is 1. The van der Waals surface area contributed by atoms with Crippen LogP contribution in [0.4, 0.5) is 11.6 Å². The summed E-state index contributed by atoms with van der Waals surface area (Å²) in [6.07, 6.45) is 1.26. The molecule has 1 N–H and O–H groups in total. The molecular formula is C14H11N5O6. The van der Waals surface area contributed by atoms with E-state index < -0.39 is 28.0 Å². The van der Waals surface area contributed by atoms with Gasteiger partial charge in [0.25, 0.3) is 11.5 Å². The Labute approximate surface area is 138 Å². The van der Waals surface area contributed by atoms with Crippen molar-refractivity contribution < 1.29 is 14.1 Å². The summed E-state index contributed by atoms with van der Waals surface area (Å²) in [5, 5.41) is 13.1. The molecule has 0 fully saturated rings. The Balaban J connectivity index is 1.99.